The van der Waals surface area contributed by atoms with Crippen molar-refractivity contribution in [3.63, 3.8) is 0 Å². The molecule has 1 aromatic heterocycles. The minimum Gasteiger partial charge on any atom is -0.356 e. The summed E-state index contributed by atoms with van der Waals surface area (Å²) in [6.07, 6.45) is 24.4. The second-order valence-corrected chi connectivity index (χ2v) is 13.2. The fourth-order valence-corrected chi connectivity index (χ4v) is 6.55. The number of aromatic nitrogens is 2. The van der Waals surface area contributed by atoms with Crippen molar-refractivity contribution < 1.29 is 4.79 Å². The van der Waals surface area contributed by atoms with Gasteiger partial charge in [0.05, 0.1) is 17.5 Å². The van der Waals surface area contributed by atoms with Crippen LogP contribution in [0.1, 0.15) is 127 Å². The van der Waals surface area contributed by atoms with Gasteiger partial charge in [0.1, 0.15) is 5.82 Å². The minimum atomic E-state index is 0.0779. The van der Waals surface area contributed by atoms with Gasteiger partial charge in [0.2, 0.25) is 5.91 Å². The summed E-state index contributed by atoms with van der Waals surface area (Å²) in [5.41, 5.74) is 5.72. The van der Waals surface area contributed by atoms with Crippen molar-refractivity contribution in [3.8, 4) is 11.1 Å². The fraction of sp³-hybridized carbons (Fsp3) is 0.524. The number of aryl methyl sites for hydroxylation is 2. The number of hydrogen-bond acceptors (Lipinski definition) is 2. The molecular formula is C42H59N3O. The molecule has 0 saturated heterocycles. The highest BCUT2D eigenvalue weighted by atomic mass is 16.1. The lowest BCUT2D eigenvalue weighted by Crippen LogP contribution is -2.26. The van der Waals surface area contributed by atoms with Crippen molar-refractivity contribution in [3.05, 3.63) is 90.3 Å². The minimum absolute atomic E-state index is 0.0779. The third-order valence-corrected chi connectivity index (χ3v) is 9.29. The summed E-state index contributed by atoms with van der Waals surface area (Å²) in [7, 11) is 0. The average Bonchev–Trinajstić information content (AvgIpc) is 3.44. The number of para-hydroxylation sites is 2. The summed E-state index contributed by atoms with van der Waals surface area (Å²) in [6.45, 7) is 3.99. The van der Waals surface area contributed by atoms with E-state index in [1.165, 1.54) is 119 Å². The van der Waals surface area contributed by atoms with Crippen LogP contribution in [0.15, 0.2) is 78.9 Å². The second-order valence-electron chi connectivity index (χ2n) is 13.2. The SMILES string of the molecule is CCCCCCCCCCCCCCCCCCn1c(CCCNC(=O)Cc2ccc(-c3ccccc3)cc2)nc2ccccc21. The molecule has 0 atom stereocenters. The van der Waals surface area contributed by atoms with Gasteiger partial charge in [-0.1, -0.05) is 170 Å². The largest absolute Gasteiger partial charge is 0.356 e. The lowest BCUT2D eigenvalue weighted by Gasteiger charge is -2.10. The molecule has 1 amide bonds. The van der Waals surface area contributed by atoms with Crippen molar-refractivity contribution in [2.75, 3.05) is 6.54 Å². The molecule has 3 aromatic carbocycles. The Morgan fingerprint density at radius 3 is 1.78 bits per heavy atom. The molecule has 248 valence electrons. The number of fused-ring (bicyclic) bond motifs is 1. The van der Waals surface area contributed by atoms with Crippen molar-refractivity contribution in [1.29, 1.82) is 0 Å². The number of carbonyl (C=O) groups is 1. The predicted molar refractivity (Wildman–Crippen MR) is 196 cm³/mol. The molecule has 0 spiro atoms. The van der Waals surface area contributed by atoms with Crippen LogP contribution in [0.2, 0.25) is 0 Å². The van der Waals surface area contributed by atoms with E-state index in [2.05, 4.69) is 77.5 Å². The van der Waals surface area contributed by atoms with Crippen LogP contribution in [0.25, 0.3) is 22.2 Å². The van der Waals surface area contributed by atoms with E-state index in [1.54, 1.807) is 0 Å². The predicted octanol–water partition coefficient (Wildman–Crippen LogP) is 11.3. The van der Waals surface area contributed by atoms with Gasteiger partial charge in [-0.15, -0.1) is 0 Å². The first-order valence-corrected chi connectivity index (χ1v) is 18.6. The van der Waals surface area contributed by atoms with E-state index < -0.39 is 0 Å². The molecule has 4 aromatic rings. The van der Waals surface area contributed by atoms with Gasteiger partial charge >= 0.3 is 0 Å². The number of amides is 1. The zero-order valence-electron chi connectivity index (χ0n) is 28.7. The first-order valence-electron chi connectivity index (χ1n) is 18.6. The summed E-state index contributed by atoms with van der Waals surface area (Å²) in [6, 6.07) is 27.2. The van der Waals surface area contributed by atoms with E-state index in [-0.39, 0.29) is 5.91 Å². The van der Waals surface area contributed by atoms with Gasteiger partial charge in [-0.05, 0) is 41.7 Å². The van der Waals surface area contributed by atoms with Crippen LogP contribution >= 0.6 is 0 Å². The Kier molecular flexibility index (Phi) is 16.5. The maximum Gasteiger partial charge on any atom is 0.224 e. The molecule has 4 rings (SSSR count). The van der Waals surface area contributed by atoms with E-state index in [1.807, 2.05) is 18.2 Å². The Bertz CT molecular complexity index is 1380. The molecule has 0 radical (unpaired) electrons. The van der Waals surface area contributed by atoms with Crippen LogP contribution in [0.4, 0.5) is 0 Å². The lowest BCUT2D eigenvalue weighted by molar-refractivity contribution is -0.120. The van der Waals surface area contributed by atoms with E-state index in [0.29, 0.717) is 13.0 Å². The summed E-state index contributed by atoms with van der Waals surface area (Å²) < 4.78 is 2.43. The zero-order chi connectivity index (χ0) is 32.1. The maximum absolute atomic E-state index is 12.6. The van der Waals surface area contributed by atoms with Crippen molar-refractivity contribution in [2.45, 2.75) is 135 Å². The van der Waals surface area contributed by atoms with Crippen LogP contribution in [-0.2, 0) is 24.2 Å². The molecule has 1 N–H and O–H groups in total. The fourth-order valence-electron chi connectivity index (χ4n) is 6.55. The van der Waals surface area contributed by atoms with Crippen LogP contribution < -0.4 is 5.32 Å². The third-order valence-electron chi connectivity index (χ3n) is 9.29. The number of unbranched alkanes of at least 4 members (excludes halogenated alkanes) is 15. The molecule has 0 aliphatic rings. The summed E-state index contributed by atoms with van der Waals surface area (Å²) in [5, 5.41) is 3.13. The molecule has 46 heavy (non-hydrogen) atoms. The topological polar surface area (TPSA) is 46.9 Å². The third kappa shape index (κ3) is 12.8. The highest BCUT2D eigenvalue weighted by Gasteiger charge is 2.11. The standard InChI is InChI=1S/C42H59N3O/c1-2-3-4-5-6-7-8-9-10-11-12-13-14-15-16-22-34-45-40-27-21-20-26-39(40)44-41(45)28-23-33-43-42(46)35-36-29-31-38(32-30-36)37-24-18-17-19-25-37/h17-21,24-27,29-32H,2-16,22-23,28,33-35H2,1H3,(H,43,46). The molecule has 0 fully saturated rings. The van der Waals surface area contributed by atoms with Gasteiger partial charge in [0, 0.05) is 19.5 Å². The van der Waals surface area contributed by atoms with Crippen LogP contribution in [0, 0.1) is 0 Å². The average molecular weight is 622 g/mol. The number of benzene rings is 3. The summed E-state index contributed by atoms with van der Waals surface area (Å²) >= 11 is 0. The van der Waals surface area contributed by atoms with Crippen molar-refractivity contribution in [1.82, 2.24) is 14.9 Å². The van der Waals surface area contributed by atoms with Crippen molar-refractivity contribution >= 4 is 16.9 Å². The molecule has 4 heteroatoms. The van der Waals surface area contributed by atoms with E-state index >= 15 is 0 Å². The Balaban J connectivity index is 1.08. The van der Waals surface area contributed by atoms with Gasteiger partial charge < -0.3 is 9.88 Å². The first-order chi connectivity index (χ1) is 22.7. The maximum atomic E-state index is 12.6. The molecular weight excluding hydrogens is 562 g/mol. The van der Waals surface area contributed by atoms with E-state index in [0.717, 1.165) is 36.3 Å². The quantitative estimate of drug-likeness (QED) is 0.0791. The van der Waals surface area contributed by atoms with Crippen LogP contribution in [0.3, 0.4) is 0 Å². The number of hydrogen-bond donors (Lipinski definition) is 1. The Hall–Kier alpha value is -3.40. The highest BCUT2D eigenvalue weighted by Crippen LogP contribution is 2.21. The number of carbonyl (C=O) groups excluding carboxylic acids is 1. The van der Waals surface area contributed by atoms with Crippen LogP contribution in [-0.4, -0.2) is 22.0 Å². The molecule has 0 bridgehead atoms. The lowest BCUT2D eigenvalue weighted by atomic mass is 10.0. The Morgan fingerprint density at radius 1 is 0.609 bits per heavy atom. The number of rotatable bonds is 24. The van der Waals surface area contributed by atoms with Gasteiger partial charge in [-0.25, -0.2) is 4.98 Å². The zero-order valence-corrected chi connectivity index (χ0v) is 28.7. The molecule has 1 heterocycles. The normalized spacial score (nSPS) is 11.3. The number of imidazole rings is 1. The van der Waals surface area contributed by atoms with Crippen LogP contribution in [0.5, 0.6) is 0 Å². The molecule has 4 nitrogen and oxygen atoms in total. The highest BCUT2D eigenvalue weighted by molar-refractivity contribution is 5.79. The summed E-state index contributed by atoms with van der Waals surface area (Å²) in [5.74, 6) is 1.22. The van der Waals surface area contributed by atoms with Gasteiger partial charge in [0.25, 0.3) is 0 Å². The smallest absolute Gasteiger partial charge is 0.224 e. The Labute approximate surface area is 279 Å². The molecule has 0 aliphatic heterocycles. The number of nitrogens with zero attached hydrogens (tertiary/aromatic N) is 2. The van der Waals surface area contributed by atoms with E-state index in [4.69, 9.17) is 4.98 Å². The van der Waals surface area contributed by atoms with Gasteiger partial charge in [0.15, 0.2) is 0 Å². The van der Waals surface area contributed by atoms with Crippen molar-refractivity contribution in [2.24, 2.45) is 0 Å². The van der Waals surface area contributed by atoms with Gasteiger partial charge in [-0.3, -0.25) is 4.79 Å². The molecule has 0 unspecified atom stereocenters. The molecule has 0 aliphatic carbocycles. The summed E-state index contributed by atoms with van der Waals surface area (Å²) in [4.78, 5) is 17.6. The van der Waals surface area contributed by atoms with Gasteiger partial charge in [-0.2, -0.15) is 0 Å². The number of nitrogens with one attached hydrogen (secondary N) is 1. The molecule has 0 saturated carbocycles. The van der Waals surface area contributed by atoms with E-state index in [9.17, 15) is 4.79 Å². The second kappa shape index (κ2) is 21.4. The Morgan fingerprint density at radius 2 is 1.15 bits per heavy atom. The monoisotopic (exact) mass is 621 g/mol. The first kappa shape index (κ1) is 35.5.